The number of aromatic hydroxyl groups is 1. The van der Waals surface area contributed by atoms with Crippen LogP contribution in [-0.4, -0.2) is 15.1 Å². The predicted molar refractivity (Wildman–Crippen MR) is 87.1 cm³/mol. The Morgan fingerprint density at radius 2 is 1.86 bits per heavy atom. The second kappa shape index (κ2) is 4.95. The number of rotatable bonds is 2. The molecule has 0 amide bonds. The first-order valence-electron chi connectivity index (χ1n) is 6.98. The third kappa shape index (κ3) is 1.99. The molecule has 4 rings (SSSR count). The Bertz CT molecular complexity index is 904. The summed E-state index contributed by atoms with van der Waals surface area (Å²) >= 11 is 0. The summed E-state index contributed by atoms with van der Waals surface area (Å²) in [7, 11) is 0. The molecule has 4 nitrogen and oxygen atoms in total. The molecule has 3 aromatic rings. The molecule has 1 aliphatic rings. The highest BCUT2D eigenvalue weighted by Gasteiger charge is 2.16. The number of hydrogen-bond donors (Lipinski definition) is 3. The molecule has 4 heteroatoms. The molecule has 0 bridgehead atoms. The Morgan fingerprint density at radius 3 is 2.68 bits per heavy atom. The van der Waals surface area contributed by atoms with Gasteiger partial charge in [-0.2, -0.15) is 0 Å². The third-order valence-electron chi connectivity index (χ3n) is 3.65. The summed E-state index contributed by atoms with van der Waals surface area (Å²) in [5, 5.41) is 13.3. The van der Waals surface area contributed by atoms with Crippen molar-refractivity contribution in [2.24, 2.45) is 0 Å². The summed E-state index contributed by atoms with van der Waals surface area (Å²) in [6.45, 7) is 0. The average molecular weight is 287 g/mol. The van der Waals surface area contributed by atoms with E-state index in [9.17, 15) is 5.11 Å². The monoisotopic (exact) mass is 287 g/mol. The maximum absolute atomic E-state index is 10.0. The molecule has 1 aromatic heterocycles. The van der Waals surface area contributed by atoms with Gasteiger partial charge in [0.2, 0.25) is 0 Å². The Hall–Kier alpha value is -3.23. The molecule has 0 radical (unpaired) electrons. The maximum Gasteiger partial charge on any atom is 0.139 e. The van der Waals surface area contributed by atoms with Gasteiger partial charge in [0.05, 0.1) is 11.4 Å². The topological polar surface area (TPSA) is 60.9 Å². The fourth-order valence-electron chi connectivity index (χ4n) is 2.59. The molecule has 0 aliphatic carbocycles. The molecule has 22 heavy (non-hydrogen) atoms. The summed E-state index contributed by atoms with van der Waals surface area (Å²) in [6, 6.07) is 13.4. The van der Waals surface area contributed by atoms with E-state index in [-0.39, 0.29) is 5.75 Å². The number of fused-ring (bicyclic) bond motifs is 1. The fraction of sp³-hybridized carbons (Fsp3) is 0. The van der Waals surface area contributed by atoms with Crippen LogP contribution in [-0.2, 0) is 0 Å². The van der Waals surface area contributed by atoms with Crippen molar-refractivity contribution in [1.82, 2.24) is 9.97 Å². The lowest BCUT2D eigenvalue weighted by molar-refractivity contribution is 0.477. The molecular formula is C18H13N3O. The van der Waals surface area contributed by atoms with Gasteiger partial charge in [0.25, 0.3) is 0 Å². The molecule has 1 aliphatic heterocycles. The molecule has 0 atom stereocenters. The number of nitrogens with one attached hydrogen (secondary N) is 2. The van der Waals surface area contributed by atoms with Crippen LogP contribution in [0.3, 0.4) is 0 Å². The minimum absolute atomic E-state index is 0.225. The van der Waals surface area contributed by atoms with Crippen LogP contribution in [0.2, 0.25) is 0 Å². The largest absolute Gasteiger partial charge is 0.506 e. The van der Waals surface area contributed by atoms with E-state index in [4.69, 9.17) is 0 Å². The molecular weight excluding hydrogens is 274 g/mol. The number of hydrogen-bond acceptors (Lipinski definition) is 3. The van der Waals surface area contributed by atoms with E-state index in [1.165, 1.54) is 0 Å². The van der Waals surface area contributed by atoms with Crippen molar-refractivity contribution in [2.45, 2.75) is 0 Å². The Morgan fingerprint density at radius 1 is 1.00 bits per heavy atom. The standard InChI is InChI=1S/C18H13N3O/c22-16-7-3-4-12-8-9-15(21-17(12)16)13-5-1-2-6-14(13)18-19-10-11-20-18/h1-8,10-11,21-22H,(H,19,20). The van der Waals surface area contributed by atoms with Crippen molar-refractivity contribution >= 4 is 17.5 Å². The van der Waals surface area contributed by atoms with Crippen LogP contribution < -0.4 is 5.32 Å². The van der Waals surface area contributed by atoms with Crippen molar-refractivity contribution in [2.75, 3.05) is 5.32 Å². The number of phenolic OH excluding ortho intramolecular Hbond substituents is 1. The predicted octanol–water partition coefficient (Wildman–Crippen LogP) is 3.86. The van der Waals surface area contributed by atoms with Gasteiger partial charge in [0.15, 0.2) is 0 Å². The first-order valence-corrected chi connectivity index (χ1v) is 6.98. The van der Waals surface area contributed by atoms with E-state index in [2.05, 4.69) is 21.0 Å². The lowest BCUT2D eigenvalue weighted by Gasteiger charge is -2.18. The van der Waals surface area contributed by atoms with Gasteiger partial charge in [0.1, 0.15) is 11.6 Å². The number of anilines is 1. The molecule has 106 valence electrons. The van der Waals surface area contributed by atoms with Gasteiger partial charge in [-0.3, -0.25) is 0 Å². The second-order valence-corrected chi connectivity index (χ2v) is 5.01. The summed E-state index contributed by atoms with van der Waals surface area (Å²) in [6.07, 6.45) is 5.40. The number of benzene rings is 2. The van der Waals surface area contributed by atoms with Crippen LogP contribution in [0, 0.1) is 0 Å². The summed E-state index contributed by atoms with van der Waals surface area (Å²) in [5.41, 5.74) is 7.63. The van der Waals surface area contributed by atoms with Crippen LogP contribution in [0.5, 0.6) is 5.75 Å². The lowest BCUT2D eigenvalue weighted by Crippen LogP contribution is -2.04. The quantitative estimate of drug-likeness (QED) is 0.495. The molecule has 0 saturated carbocycles. The molecule has 0 unspecified atom stereocenters. The minimum atomic E-state index is 0.225. The van der Waals surface area contributed by atoms with Gasteiger partial charge in [-0.25, -0.2) is 4.98 Å². The van der Waals surface area contributed by atoms with E-state index in [1.54, 1.807) is 18.5 Å². The Kier molecular flexibility index (Phi) is 2.81. The van der Waals surface area contributed by atoms with Crippen molar-refractivity contribution in [3.05, 3.63) is 71.7 Å². The highest BCUT2D eigenvalue weighted by molar-refractivity contribution is 5.92. The summed E-state index contributed by atoms with van der Waals surface area (Å²) < 4.78 is 0. The smallest absolute Gasteiger partial charge is 0.139 e. The summed E-state index contributed by atoms with van der Waals surface area (Å²) in [5.74, 6) is 1.03. The number of imidazole rings is 1. The molecule has 0 spiro atoms. The van der Waals surface area contributed by atoms with Gasteiger partial charge in [-0.15, -0.1) is 0 Å². The van der Waals surface area contributed by atoms with Crippen molar-refractivity contribution in [3.8, 4) is 17.1 Å². The van der Waals surface area contributed by atoms with Crippen LogP contribution in [0.25, 0.3) is 23.2 Å². The lowest BCUT2D eigenvalue weighted by atomic mass is 10.0. The van der Waals surface area contributed by atoms with Crippen LogP contribution in [0.4, 0.5) is 5.69 Å². The van der Waals surface area contributed by atoms with Crippen molar-refractivity contribution < 1.29 is 5.11 Å². The molecule has 0 fully saturated rings. The van der Waals surface area contributed by atoms with E-state index in [1.807, 2.05) is 42.5 Å². The third-order valence-corrected chi connectivity index (χ3v) is 3.65. The van der Waals surface area contributed by atoms with Gasteiger partial charge >= 0.3 is 0 Å². The van der Waals surface area contributed by atoms with E-state index >= 15 is 0 Å². The minimum Gasteiger partial charge on any atom is -0.506 e. The van der Waals surface area contributed by atoms with Crippen LogP contribution in [0.1, 0.15) is 11.1 Å². The normalized spacial score (nSPS) is 12.5. The van der Waals surface area contributed by atoms with Gasteiger partial charge < -0.3 is 15.4 Å². The SMILES string of the molecule is Oc1cccc2c1NC(c1ccccc1-c1ncc[nH]1)=C=C2. The molecule has 2 heterocycles. The van der Waals surface area contributed by atoms with E-state index in [0.717, 1.165) is 28.2 Å². The van der Waals surface area contributed by atoms with Crippen LogP contribution >= 0.6 is 0 Å². The Balaban J connectivity index is 1.85. The van der Waals surface area contributed by atoms with Crippen molar-refractivity contribution in [3.63, 3.8) is 0 Å². The van der Waals surface area contributed by atoms with E-state index < -0.39 is 0 Å². The van der Waals surface area contributed by atoms with Gasteiger partial charge in [-0.1, -0.05) is 42.1 Å². The molecule has 2 aromatic carbocycles. The first kappa shape index (κ1) is 12.5. The molecule has 3 N–H and O–H groups in total. The zero-order valence-electron chi connectivity index (χ0n) is 11.7. The maximum atomic E-state index is 10.0. The first-order chi connectivity index (χ1) is 10.8. The van der Waals surface area contributed by atoms with Gasteiger partial charge in [0, 0.05) is 29.1 Å². The molecule has 0 saturated heterocycles. The number of H-pyrrole nitrogens is 1. The number of aromatic nitrogens is 2. The van der Waals surface area contributed by atoms with Crippen molar-refractivity contribution in [1.29, 1.82) is 0 Å². The number of phenols is 1. The fourth-order valence-corrected chi connectivity index (χ4v) is 2.59. The summed E-state index contributed by atoms with van der Waals surface area (Å²) in [4.78, 5) is 7.44. The van der Waals surface area contributed by atoms with Gasteiger partial charge in [-0.05, 0) is 12.1 Å². The zero-order chi connectivity index (χ0) is 14.9. The highest BCUT2D eigenvalue weighted by atomic mass is 16.3. The highest BCUT2D eigenvalue weighted by Crippen LogP contribution is 2.35. The zero-order valence-corrected chi connectivity index (χ0v) is 11.7. The average Bonchev–Trinajstić information content (AvgIpc) is 3.09. The number of aromatic amines is 1. The number of para-hydroxylation sites is 1. The van der Waals surface area contributed by atoms with E-state index in [0.29, 0.717) is 5.69 Å². The Labute approximate surface area is 127 Å². The van der Waals surface area contributed by atoms with Crippen LogP contribution in [0.15, 0.2) is 60.6 Å². The second-order valence-electron chi connectivity index (χ2n) is 5.01. The number of nitrogens with zero attached hydrogens (tertiary/aromatic N) is 1.